The van der Waals surface area contributed by atoms with Crippen LogP contribution in [-0.4, -0.2) is 9.13 Å². The third-order valence-electron chi connectivity index (χ3n) is 13.6. The van der Waals surface area contributed by atoms with Gasteiger partial charge in [-0.25, -0.2) is 0 Å². The first-order valence-electron chi connectivity index (χ1n) is 21.8. The zero-order chi connectivity index (χ0) is 41.5. The van der Waals surface area contributed by atoms with Crippen LogP contribution in [0.4, 0.5) is 0 Å². The van der Waals surface area contributed by atoms with Crippen LogP contribution in [0.1, 0.15) is 22.3 Å². The van der Waals surface area contributed by atoms with Crippen molar-refractivity contribution in [1.29, 1.82) is 0 Å². The number of aromatic nitrogens is 2. The molecule has 0 unspecified atom stereocenters. The lowest BCUT2D eigenvalue weighted by Gasteiger charge is -2.34. The minimum atomic E-state index is -0.555. The Labute approximate surface area is 366 Å². The number of para-hydroxylation sites is 4. The van der Waals surface area contributed by atoms with Gasteiger partial charge in [-0.05, 0) is 128 Å². The van der Waals surface area contributed by atoms with Crippen molar-refractivity contribution in [2.75, 3.05) is 0 Å². The lowest BCUT2D eigenvalue weighted by molar-refractivity contribution is 0.769. The molecule has 0 saturated heterocycles. The highest BCUT2D eigenvalue weighted by atomic mass is 15.0. The monoisotopic (exact) mass is 800 g/mol. The second-order valence-corrected chi connectivity index (χ2v) is 16.8. The maximum atomic E-state index is 2.48. The van der Waals surface area contributed by atoms with Gasteiger partial charge in [-0.15, -0.1) is 0 Å². The van der Waals surface area contributed by atoms with E-state index in [2.05, 4.69) is 252 Å². The van der Waals surface area contributed by atoms with Crippen LogP contribution in [0, 0.1) is 0 Å². The topological polar surface area (TPSA) is 9.86 Å². The smallest absolute Gasteiger partial charge is 0.0713 e. The quantitative estimate of drug-likeness (QED) is 0.159. The van der Waals surface area contributed by atoms with Crippen molar-refractivity contribution in [3.63, 3.8) is 0 Å². The van der Waals surface area contributed by atoms with Crippen molar-refractivity contribution in [2.24, 2.45) is 0 Å². The van der Waals surface area contributed by atoms with Crippen LogP contribution in [0.3, 0.4) is 0 Å². The van der Waals surface area contributed by atoms with Crippen LogP contribution in [0.25, 0.3) is 88.4 Å². The Bertz CT molecular complexity index is 3460. The average molecular weight is 801 g/mol. The Morgan fingerprint density at radius 1 is 0.254 bits per heavy atom. The summed E-state index contributed by atoms with van der Waals surface area (Å²) in [7, 11) is 0. The van der Waals surface area contributed by atoms with Gasteiger partial charge in [0, 0.05) is 32.9 Å². The van der Waals surface area contributed by atoms with Gasteiger partial charge in [0.15, 0.2) is 0 Å². The molecule has 63 heavy (non-hydrogen) atoms. The molecule has 0 radical (unpaired) electrons. The molecule has 294 valence electrons. The average Bonchev–Trinajstić information content (AvgIpc) is 3.98. The van der Waals surface area contributed by atoms with E-state index in [0.717, 1.165) is 0 Å². The number of rotatable bonds is 6. The lowest BCUT2D eigenvalue weighted by Crippen LogP contribution is -2.28. The summed E-state index contributed by atoms with van der Waals surface area (Å²) in [5, 5.41) is 5.01. The van der Waals surface area contributed by atoms with Crippen LogP contribution >= 0.6 is 0 Å². The van der Waals surface area contributed by atoms with E-state index < -0.39 is 5.41 Å². The molecule has 2 aromatic heterocycles. The van der Waals surface area contributed by atoms with E-state index in [-0.39, 0.29) is 0 Å². The van der Waals surface area contributed by atoms with Gasteiger partial charge in [-0.2, -0.15) is 0 Å². The van der Waals surface area contributed by atoms with Crippen LogP contribution < -0.4 is 0 Å². The lowest BCUT2D eigenvalue weighted by atomic mass is 9.67. The molecule has 0 spiro atoms. The van der Waals surface area contributed by atoms with Crippen LogP contribution in [0.15, 0.2) is 243 Å². The summed E-state index contributed by atoms with van der Waals surface area (Å²) in [6, 6.07) is 89.7. The van der Waals surface area contributed by atoms with E-state index >= 15 is 0 Å². The van der Waals surface area contributed by atoms with Gasteiger partial charge < -0.3 is 9.13 Å². The van der Waals surface area contributed by atoms with E-state index in [1.807, 2.05) is 0 Å². The van der Waals surface area contributed by atoms with Gasteiger partial charge in [0.2, 0.25) is 0 Å². The van der Waals surface area contributed by atoms with Gasteiger partial charge >= 0.3 is 0 Å². The minimum Gasteiger partial charge on any atom is -0.309 e. The van der Waals surface area contributed by atoms with Gasteiger partial charge in [-0.3, -0.25) is 0 Å². The summed E-state index contributed by atoms with van der Waals surface area (Å²) in [5.41, 5.74) is 19.1. The number of hydrogen-bond acceptors (Lipinski definition) is 0. The Kier molecular flexibility index (Phi) is 7.85. The Morgan fingerprint density at radius 2 is 0.587 bits per heavy atom. The largest absolute Gasteiger partial charge is 0.309 e. The molecular formula is C61H40N2. The first-order chi connectivity index (χ1) is 31.3. The number of hydrogen-bond donors (Lipinski definition) is 0. The maximum Gasteiger partial charge on any atom is 0.0713 e. The molecule has 1 aliphatic carbocycles. The second-order valence-electron chi connectivity index (χ2n) is 16.8. The van der Waals surface area contributed by atoms with E-state index in [0.29, 0.717) is 0 Å². The van der Waals surface area contributed by atoms with Crippen LogP contribution in [0.5, 0.6) is 0 Å². The summed E-state index contributed by atoms with van der Waals surface area (Å²) < 4.78 is 4.78. The van der Waals surface area contributed by atoms with Crippen molar-refractivity contribution < 1.29 is 0 Å². The van der Waals surface area contributed by atoms with Crippen molar-refractivity contribution in [3.8, 4) is 44.8 Å². The fraction of sp³-hybridized carbons (Fsp3) is 0.0164. The molecule has 1 aliphatic rings. The van der Waals surface area contributed by atoms with Crippen molar-refractivity contribution in [2.45, 2.75) is 5.41 Å². The predicted octanol–water partition coefficient (Wildman–Crippen LogP) is 15.6. The molecule has 10 aromatic carbocycles. The van der Waals surface area contributed by atoms with E-state index in [4.69, 9.17) is 0 Å². The molecule has 0 saturated carbocycles. The standard InChI is InChI=1S/C61H40N2/c1-5-17-45(18-6-1)61(46-19-7-2-8-20-46)55-39-43(41-31-35-59-53(37-41)51-25-13-15-27-57(51)62(59)47-21-9-3-10-22-47)29-33-49(55)50-34-30-44(40-56(50)61)42-32-36-60-54(38-42)52-26-14-16-28-58(52)63(60)48-23-11-4-12-24-48/h1-40H. The second kappa shape index (κ2) is 13.9. The molecule has 0 aliphatic heterocycles. The molecule has 2 heterocycles. The van der Waals surface area contributed by atoms with E-state index in [1.165, 1.54) is 111 Å². The first-order valence-corrected chi connectivity index (χ1v) is 21.8. The fourth-order valence-electron chi connectivity index (χ4n) is 10.9. The summed E-state index contributed by atoms with van der Waals surface area (Å²) in [6.45, 7) is 0. The van der Waals surface area contributed by atoms with Gasteiger partial charge in [0.05, 0.1) is 27.5 Å². The third-order valence-corrected chi connectivity index (χ3v) is 13.6. The Balaban J connectivity index is 1.02. The normalized spacial score (nSPS) is 12.9. The molecule has 12 aromatic rings. The highest BCUT2D eigenvalue weighted by Crippen LogP contribution is 2.57. The highest BCUT2D eigenvalue weighted by molar-refractivity contribution is 6.12. The number of benzene rings is 10. The highest BCUT2D eigenvalue weighted by Gasteiger charge is 2.46. The molecule has 0 amide bonds. The van der Waals surface area contributed by atoms with Gasteiger partial charge in [0.1, 0.15) is 0 Å². The fourth-order valence-corrected chi connectivity index (χ4v) is 10.9. The summed E-state index contributed by atoms with van der Waals surface area (Å²) in [6.07, 6.45) is 0. The molecular weight excluding hydrogens is 761 g/mol. The number of nitrogens with zero attached hydrogens (tertiary/aromatic N) is 2. The first kappa shape index (κ1) is 35.5. The van der Waals surface area contributed by atoms with Gasteiger partial charge in [0.25, 0.3) is 0 Å². The minimum absolute atomic E-state index is 0.555. The zero-order valence-corrected chi connectivity index (χ0v) is 34.5. The van der Waals surface area contributed by atoms with Crippen molar-refractivity contribution in [1.82, 2.24) is 9.13 Å². The Hall–Kier alpha value is -8.20. The van der Waals surface area contributed by atoms with Crippen LogP contribution in [0.2, 0.25) is 0 Å². The molecule has 2 nitrogen and oxygen atoms in total. The SMILES string of the molecule is c1ccc(-n2c3ccccc3c3cc(-c4ccc5c(c4)C(c4ccccc4)(c4ccccc4)c4cc(-c6ccc7c(c6)c6ccccc6n7-c6ccccc6)ccc4-5)ccc32)cc1. The van der Waals surface area contributed by atoms with Crippen molar-refractivity contribution in [3.05, 3.63) is 265 Å². The molecule has 0 bridgehead atoms. The van der Waals surface area contributed by atoms with E-state index in [9.17, 15) is 0 Å². The van der Waals surface area contributed by atoms with E-state index in [1.54, 1.807) is 0 Å². The van der Waals surface area contributed by atoms with Gasteiger partial charge in [-0.1, -0.05) is 170 Å². The third kappa shape index (κ3) is 5.25. The number of fused-ring (bicyclic) bond motifs is 9. The molecule has 0 atom stereocenters. The van der Waals surface area contributed by atoms with Crippen molar-refractivity contribution >= 4 is 43.6 Å². The molecule has 2 heteroatoms. The predicted molar refractivity (Wildman–Crippen MR) is 263 cm³/mol. The Morgan fingerprint density at radius 3 is 1.02 bits per heavy atom. The van der Waals surface area contributed by atoms with Crippen LogP contribution in [-0.2, 0) is 5.41 Å². The summed E-state index contributed by atoms with van der Waals surface area (Å²) >= 11 is 0. The molecule has 0 N–H and O–H groups in total. The molecule has 13 rings (SSSR count). The summed E-state index contributed by atoms with van der Waals surface area (Å²) in [4.78, 5) is 0. The zero-order valence-electron chi connectivity index (χ0n) is 34.5. The maximum absolute atomic E-state index is 2.48. The molecule has 0 fully saturated rings. The summed E-state index contributed by atoms with van der Waals surface area (Å²) in [5.74, 6) is 0.